The van der Waals surface area contributed by atoms with Crippen LogP contribution in [0.25, 0.3) is 0 Å². The van der Waals surface area contributed by atoms with Gasteiger partial charge in [-0.3, -0.25) is 9.69 Å². The molecule has 3 rings (SSSR count). The van der Waals surface area contributed by atoms with Crippen LogP contribution in [-0.4, -0.2) is 22.4 Å². The van der Waals surface area contributed by atoms with E-state index in [1.807, 2.05) is 6.92 Å². The van der Waals surface area contributed by atoms with Gasteiger partial charge in [0.2, 0.25) is 11.9 Å². The Morgan fingerprint density at radius 2 is 2.04 bits per heavy atom. The third kappa shape index (κ3) is 3.59. The standard InChI is InChI=1S/C16H16ClFN4O/c1-10(11-4-6-12(18)7-5-11)19-16-20-13(17)9-14(21-16)22-8-2-3-15(22)23/h4-7,9-10H,2-3,8H2,1H3,(H,19,20,21). The number of carbonyl (C=O) groups excluding carboxylic acids is 1. The summed E-state index contributed by atoms with van der Waals surface area (Å²) in [5.41, 5.74) is 0.897. The monoisotopic (exact) mass is 334 g/mol. The second-order valence-electron chi connectivity index (χ2n) is 5.44. The van der Waals surface area contributed by atoms with Crippen molar-refractivity contribution in [1.82, 2.24) is 9.97 Å². The largest absolute Gasteiger partial charge is 0.348 e. The first-order chi connectivity index (χ1) is 11.0. The number of nitrogens with zero attached hydrogens (tertiary/aromatic N) is 3. The molecular weight excluding hydrogens is 319 g/mol. The molecule has 0 spiro atoms. The zero-order valence-electron chi connectivity index (χ0n) is 12.6. The number of rotatable bonds is 4. The molecule has 1 aromatic carbocycles. The molecule has 1 unspecified atom stereocenters. The minimum Gasteiger partial charge on any atom is -0.348 e. The maximum atomic E-state index is 13.0. The topological polar surface area (TPSA) is 58.1 Å². The molecule has 23 heavy (non-hydrogen) atoms. The highest BCUT2D eigenvalue weighted by molar-refractivity contribution is 6.29. The van der Waals surface area contributed by atoms with E-state index in [1.165, 1.54) is 12.1 Å². The minimum absolute atomic E-state index is 0.0392. The van der Waals surface area contributed by atoms with Gasteiger partial charge < -0.3 is 5.32 Å². The van der Waals surface area contributed by atoms with Crippen molar-refractivity contribution >= 4 is 29.3 Å². The van der Waals surface area contributed by atoms with E-state index >= 15 is 0 Å². The van der Waals surface area contributed by atoms with Crippen molar-refractivity contribution in [3.8, 4) is 0 Å². The van der Waals surface area contributed by atoms with E-state index in [1.54, 1.807) is 23.1 Å². The molecule has 0 bridgehead atoms. The molecule has 7 heteroatoms. The third-order valence-corrected chi connectivity index (χ3v) is 3.94. The fraction of sp³-hybridized carbons (Fsp3) is 0.312. The van der Waals surface area contributed by atoms with Crippen LogP contribution in [-0.2, 0) is 4.79 Å². The summed E-state index contributed by atoms with van der Waals surface area (Å²) >= 11 is 6.05. The first-order valence-corrected chi connectivity index (χ1v) is 7.77. The quantitative estimate of drug-likeness (QED) is 0.868. The number of carbonyl (C=O) groups is 1. The molecule has 1 aromatic heterocycles. The van der Waals surface area contributed by atoms with E-state index in [4.69, 9.17) is 11.6 Å². The molecule has 1 saturated heterocycles. The van der Waals surface area contributed by atoms with Crippen LogP contribution in [0.3, 0.4) is 0 Å². The van der Waals surface area contributed by atoms with Gasteiger partial charge in [-0.05, 0) is 31.0 Å². The average Bonchev–Trinajstić information content (AvgIpc) is 2.93. The lowest BCUT2D eigenvalue weighted by atomic mass is 10.1. The van der Waals surface area contributed by atoms with Crippen LogP contribution in [0.5, 0.6) is 0 Å². The summed E-state index contributed by atoms with van der Waals surface area (Å²) < 4.78 is 13.0. The molecule has 0 saturated carbocycles. The van der Waals surface area contributed by atoms with Crippen LogP contribution in [0.2, 0.25) is 5.15 Å². The van der Waals surface area contributed by atoms with Crippen LogP contribution in [0.4, 0.5) is 16.2 Å². The molecule has 1 aliphatic rings. The Morgan fingerprint density at radius 3 is 2.70 bits per heavy atom. The third-order valence-electron chi connectivity index (χ3n) is 3.75. The Bertz CT molecular complexity index is 723. The SMILES string of the molecule is CC(Nc1nc(Cl)cc(N2CCCC2=O)n1)c1ccc(F)cc1. The van der Waals surface area contributed by atoms with E-state index in [0.717, 1.165) is 12.0 Å². The van der Waals surface area contributed by atoms with Gasteiger partial charge in [0.15, 0.2) is 0 Å². The molecule has 1 atom stereocenters. The fourth-order valence-corrected chi connectivity index (χ4v) is 2.71. The predicted molar refractivity (Wildman–Crippen MR) is 87.1 cm³/mol. The van der Waals surface area contributed by atoms with Crippen LogP contribution >= 0.6 is 11.6 Å². The van der Waals surface area contributed by atoms with Gasteiger partial charge in [-0.2, -0.15) is 4.98 Å². The number of aromatic nitrogens is 2. The molecule has 1 N–H and O–H groups in total. The Balaban J connectivity index is 1.81. The smallest absolute Gasteiger partial charge is 0.228 e. The Kier molecular flexibility index (Phi) is 4.43. The summed E-state index contributed by atoms with van der Waals surface area (Å²) in [4.78, 5) is 22.0. The number of benzene rings is 1. The highest BCUT2D eigenvalue weighted by Gasteiger charge is 2.24. The molecule has 0 radical (unpaired) electrons. The summed E-state index contributed by atoms with van der Waals surface area (Å²) in [7, 11) is 0. The molecular formula is C16H16ClFN4O. The first-order valence-electron chi connectivity index (χ1n) is 7.40. The van der Waals surface area contributed by atoms with Crippen LogP contribution in [0.1, 0.15) is 31.4 Å². The molecule has 2 aromatic rings. The number of hydrogen-bond donors (Lipinski definition) is 1. The van der Waals surface area contributed by atoms with Gasteiger partial charge in [0.05, 0.1) is 6.04 Å². The molecule has 5 nitrogen and oxygen atoms in total. The zero-order valence-corrected chi connectivity index (χ0v) is 13.3. The van der Waals surface area contributed by atoms with Crippen LogP contribution in [0.15, 0.2) is 30.3 Å². The van der Waals surface area contributed by atoms with Gasteiger partial charge in [0, 0.05) is 19.0 Å². The molecule has 2 heterocycles. The van der Waals surface area contributed by atoms with Crippen molar-refractivity contribution in [1.29, 1.82) is 0 Å². The van der Waals surface area contributed by atoms with Gasteiger partial charge in [-0.25, -0.2) is 9.37 Å². The maximum Gasteiger partial charge on any atom is 0.228 e. The number of nitrogens with one attached hydrogen (secondary N) is 1. The number of anilines is 2. The number of halogens is 2. The predicted octanol–water partition coefficient (Wildman–Crippen LogP) is 3.57. The Morgan fingerprint density at radius 1 is 1.30 bits per heavy atom. The Hall–Kier alpha value is -2.21. The van der Waals surface area contributed by atoms with E-state index in [9.17, 15) is 9.18 Å². The fourth-order valence-electron chi connectivity index (χ4n) is 2.53. The van der Waals surface area contributed by atoms with Crippen LogP contribution in [0, 0.1) is 5.82 Å². The second-order valence-corrected chi connectivity index (χ2v) is 5.83. The lowest BCUT2D eigenvalue weighted by molar-refractivity contribution is -0.117. The lowest BCUT2D eigenvalue weighted by Crippen LogP contribution is -2.25. The van der Waals surface area contributed by atoms with Crippen molar-refractivity contribution in [2.24, 2.45) is 0 Å². The molecule has 1 aliphatic heterocycles. The summed E-state index contributed by atoms with van der Waals surface area (Å²) in [6.45, 7) is 2.55. The highest BCUT2D eigenvalue weighted by Crippen LogP contribution is 2.25. The number of hydrogen-bond acceptors (Lipinski definition) is 4. The van der Waals surface area contributed by atoms with Crippen molar-refractivity contribution in [2.75, 3.05) is 16.8 Å². The van der Waals surface area contributed by atoms with Crippen molar-refractivity contribution in [3.05, 3.63) is 46.9 Å². The number of amides is 1. The van der Waals surface area contributed by atoms with Crippen LogP contribution < -0.4 is 10.2 Å². The Labute approximate surface area is 138 Å². The van der Waals surface area contributed by atoms with E-state index in [-0.39, 0.29) is 22.9 Å². The zero-order chi connectivity index (χ0) is 16.4. The van der Waals surface area contributed by atoms with Gasteiger partial charge in [-0.1, -0.05) is 23.7 Å². The normalized spacial score (nSPS) is 15.8. The molecule has 1 amide bonds. The van der Waals surface area contributed by atoms with Crippen molar-refractivity contribution in [3.63, 3.8) is 0 Å². The van der Waals surface area contributed by atoms with Crippen molar-refractivity contribution < 1.29 is 9.18 Å². The van der Waals surface area contributed by atoms with Gasteiger partial charge >= 0.3 is 0 Å². The summed E-state index contributed by atoms with van der Waals surface area (Å²) in [6, 6.07) is 7.65. The first kappa shape index (κ1) is 15.7. The average molecular weight is 335 g/mol. The molecule has 1 fully saturated rings. The van der Waals surface area contributed by atoms with Gasteiger partial charge in [0.1, 0.15) is 16.8 Å². The van der Waals surface area contributed by atoms with Gasteiger partial charge in [-0.15, -0.1) is 0 Å². The second kappa shape index (κ2) is 6.50. The molecule has 120 valence electrons. The van der Waals surface area contributed by atoms with E-state index in [2.05, 4.69) is 15.3 Å². The van der Waals surface area contributed by atoms with Gasteiger partial charge in [0.25, 0.3) is 0 Å². The highest BCUT2D eigenvalue weighted by atomic mass is 35.5. The van der Waals surface area contributed by atoms with E-state index in [0.29, 0.717) is 24.7 Å². The lowest BCUT2D eigenvalue weighted by Gasteiger charge is -2.18. The van der Waals surface area contributed by atoms with E-state index < -0.39 is 0 Å². The maximum absolute atomic E-state index is 13.0. The molecule has 0 aliphatic carbocycles. The summed E-state index contributed by atoms with van der Waals surface area (Å²) in [5, 5.41) is 3.40. The summed E-state index contributed by atoms with van der Waals surface area (Å²) in [6.07, 6.45) is 1.34. The minimum atomic E-state index is -0.283. The van der Waals surface area contributed by atoms with Crippen molar-refractivity contribution in [2.45, 2.75) is 25.8 Å². The summed E-state index contributed by atoms with van der Waals surface area (Å²) in [5.74, 6) is 0.595.